The smallest absolute Gasteiger partial charge is 0.324 e. The van der Waals surface area contributed by atoms with Crippen LogP contribution in [-0.4, -0.2) is 22.4 Å². The molecule has 4 heteroatoms. The minimum atomic E-state index is -1.13. The van der Waals surface area contributed by atoms with Crippen LogP contribution in [0.3, 0.4) is 0 Å². The van der Waals surface area contributed by atoms with Crippen molar-refractivity contribution in [1.29, 1.82) is 0 Å². The van der Waals surface area contributed by atoms with Gasteiger partial charge in [0, 0.05) is 5.75 Å². The van der Waals surface area contributed by atoms with Crippen molar-refractivity contribution in [2.75, 3.05) is 5.75 Å². The van der Waals surface area contributed by atoms with Gasteiger partial charge in [-0.3, -0.25) is 4.79 Å². The van der Waals surface area contributed by atoms with Crippen LogP contribution in [0.15, 0.2) is 0 Å². The van der Waals surface area contributed by atoms with Crippen LogP contribution < -0.4 is 5.73 Å². The molecule has 0 amide bonds. The topological polar surface area (TPSA) is 63.3 Å². The third-order valence-electron chi connectivity index (χ3n) is 1.40. The quantitative estimate of drug-likeness (QED) is 0.529. The first-order valence-electron chi connectivity index (χ1n) is 3.20. The van der Waals surface area contributed by atoms with Crippen LogP contribution in [0.2, 0.25) is 0 Å². The maximum Gasteiger partial charge on any atom is 0.324 e. The average molecular weight is 163 g/mol. The molecule has 0 spiro atoms. The molecular formula is C6H13NO2S. The van der Waals surface area contributed by atoms with E-state index in [1.165, 1.54) is 0 Å². The summed E-state index contributed by atoms with van der Waals surface area (Å²) in [4.78, 5) is 10.5. The van der Waals surface area contributed by atoms with E-state index in [1.807, 2.05) is 6.92 Å². The van der Waals surface area contributed by atoms with Crippen molar-refractivity contribution in [2.24, 2.45) is 5.73 Å². The number of thiol groups is 1. The molecule has 0 aromatic heterocycles. The van der Waals surface area contributed by atoms with Gasteiger partial charge in [0.25, 0.3) is 0 Å². The molecule has 3 nitrogen and oxygen atoms in total. The molecule has 10 heavy (non-hydrogen) atoms. The van der Waals surface area contributed by atoms with Crippen molar-refractivity contribution in [1.82, 2.24) is 0 Å². The summed E-state index contributed by atoms with van der Waals surface area (Å²) in [7, 11) is 0. The lowest BCUT2D eigenvalue weighted by atomic mass is 9.98. The molecule has 0 rings (SSSR count). The van der Waals surface area contributed by atoms with Crippen molar-refractivity contribution < 1.29 is 9.90 Å². The second kappa shape index (κ2) is 3.83. The largest absolute Gasteiger partial charge is 0.480 e. The third kappa shape index (κ3) is 2.19. The molecule has 60 valence electrons. The van der Waals surface area contributed by atoms with Gasteiger partial charge in [0.15, 0.2) is 0 Å². The second-order valence-corrected chi connectivity index (χ2v) is 2.69. The summed E-state index contributed by atoms with van der Waals surface area (Å²) < 4.78 is 0. The fourth-order valence-corrected chi connectivity index (χ4v) is 0.993. The fraction of sp³-hybridized carbons (Fsp3) is 0.833. The first-order chi connectivity index (χ1) is 4.56. The Bertz CT molecular complexity index is 129. The molecule has 1 atom stereocenters. The van der Waals surface area contributed by atoms with E-state index in [4.69, 9.17) is 10.8 Å². The minimum absolute atomic E-state index is 0.191. The van der Waals surface area contributed by atoms with Crippen LogP contribution in [0.5, 0.6) is 0 Å². The summed E-state index contributed by atoms with van der Waals surface area (Å²) in [5, 5.41) is 8.59. The van der Waals surface area contributed by atoms with Gasteiger partial charge >= 0.3 is 5.97 Å². The molecule has 0 heterocycles. The Balaban J connectivity index is 4.08. The van der Waals surface area contributed by atoms with Crippen molar-refractivity contribution in [3.05, 3.63) is 0 Å². The van der Waals surface area contributed by atoms with E-state index >= 15 is 0 Å². The number of rotatable bonds is 4. The number of nitrogens with two attached hydrogens (primary N) is 1. The van der Waals surface area contributed by atoms with Crippen LogP contribution in [-0.2, 0) is 4.79 Å². The molecule has 0 aliphatic rings. The summed E-state index contributed by atoms with van der Waals surface area (Å²) in [5.74, 6) is -0.778. The maximum absolute atomic E-state index is 10.5. The molecule has 0 bridgehead atoms. The zero-order valence-corrected chi connectivity index (χ0v) is 6.90. The summed E-state index contributed by atoms with van der Waals surface area (Å²) in [5.41, 5.74) is 4.35. The molecule has 0 saturated heterocycles. The van der Waals surface area contributed by atoms with Gasteiger partial charge in [-0.15, -0.1) is 0 Å². The molecule has 0 unspecified atom stereocenters. The molecule has 0 aromatic carbocycles. The Morgan fingerprint density at radius 1 is 1.80 bits per heavy atom. The van der Waals surface area contributed by atoms with Gasteiger partial charge in [-0.25, -0.2) is 0 Å². The zero-order chi connectivity index (χ0) is 8.20. The van der Waals surface area contributed by atoms with Gasteiger partial charge in [0.1, 0.15) is 5.54 Å². The monoisotopic (exact) mass is 163 g/mol. The van der Waals surface area contributed by atoms with E-state index in [2.05, 4.69) is 12.6 Å². The molecule has 0 radical (unpaired) electrons. The van der Waals surface area contributed by atoms with Gasteiger partial charge in [-0.1, -0.05) is 13.3 Å². The number of hydrogen-bond donors (Lipinski definition) is 3. The number of carbonyl (C=O) groups is 1. The van der Waals surface area contributed by atoms with Gasteiger partial charge in [0.05, 0.1) is 0 Å². The van der Waals surface area contributed by atoms with Gasteiger partial charge in [-0.2, -0.15) is 12.6 Å². The highest BCUT2D eigenvalue weighted by Crippen LogP contribution is 2.11. The van der Waals surface area contributed by atoms with E-state index in [0.717, 1.165) is 6.42 Å². The molecule has 0 aliphatic heterocycles. The van der Waals surface area contributed by atoms with E-state index in [1.54, 1.807) is 0 Å². The zero-order valence-electron chi connectivity index (χ0n) is 6.00. The predicted octanol–water partition coefficient (Wildman–Crippen LogP) is 0.498. The third-order valence-corrected chi connectivity index (χ3v) is 1.97. The van der Waals surface area contributed by atoms with Crippen LogP contribution in [0.4, 0.5) is 0 Å². The molecule has 0 saturated carbocycles. The normalized spacial score (nSPS) is 16.3. The lowest BCUT2D eigenvalue weighted by Crippen LogP contribution is -2.49. The lowest BCUT2D eigenvalue weighted by Gasteiger charge is -2.20. The second-order valence-electron chi connectivity index (χ2n) is 2.37. The molecule has 3 N–H and O–H groups in total. The maximum atomic E-state index is 10.5. The summed E-state index contributed by atoms with van der Waals surface area (Å²) in [6, 6.07) is 0. The lowest BCUT2D eigenvalue weighted by molar-refractivity contribution is -0.142. The Morgan fingerprint density at radius 2 is 2.30 bits per heavy atom. The average Bonchev–Trinajstić information content (AvgIpc) is 1.88. The number of hydrogen-bond acceptors (Lipinski definition) is 3. The van der Waals surface area contributed by atoms with Crippen LogP contribution in [0.1, 0.15) is 19.8 Å². The summed E-state index contributed by atoms with van der Waals surface area (Å²) >= 11 is 3.87. The highest BCUT2D eigenvalue weighted by molar-refractivity contribution is 7.80. The van der Waals surface area contributed by atoms with Gasteiger partial charge < -0.3 is 10.8 Å². The van der Waals surface area contributed by atoms with Crippen molar-refractivity contribution in [3.63, 3.8) is 0 Å². The highest BCUT2D eigenvalue weighted by Gasteiger charge is 2.30. The number of carboxylic acids is 1. The van der Waals surface area contributed by atoms with E-state index in [0.29, 0.717) is 6.42 Å². The van der Waals surface area contributed by atoms with Crippen LogP contribution >= 0.6 is 12.6 Å². The van der Waals surface area contributed by atoms with Crippen LogP contribution in [0.25, 0.3) is 0 Å². The predicted molar refractivity (Wildman–Crippen MR) is 43.3 cm³/mol. The Morgan fingerprint density at radius 3 is 2.40 bits per heavy atom. The molecule has 0 aliphatic carbocycles. The standard InChI is InChI=1S/C6H13NO2S/c1-2-3-6(7,4-10)5(8)9/h10H,2-4,7H2,1H3,(H,8,9)/t6-/m1/s1. The highest BCUT2D eigenvalue weighted by atomic mass is 32.1. The van der Waals surface area contributed by atoms with E-state index in [-0.39, 0.29) is 5.75 Å². The number of aliphatic carboxylic acids is 1. The van der Waals surface area contributed by atoms with E-state index in [9.17, 15) is 4.79 Å². The van der Waals surface area contributed by atoms with Gasteiger partial charge in [0.2, 0.25) is 0 Å². The first-order valence-corrected chi connectivity index (χ1v) is 3.83. The summed E-state index contributed by atoms with van der Waals surface area (Å²) in [6.45, 7) is 1.90. The summed E-state index contributed by atoms with van der Waals surface area (Å²) in [6.07, 6.45) is 1.25. The fourth-order valence-electron chi connectivity index (χ4n) is 0.700. The molecule has 0 aromatic rings. The van der Waals surface area contributed by atoms with Gasteiger partial charge in [-0.05, 0) is 6.42 Å². The molecular weight excluding hydrogens is 150 g/mol. The van der Waals surface area contributed by atoms with Crippen molar-refractivity contribution >= 4 is 18.6 Å². The SMILES string of the molecule is CCC[C@@](N)(CS)C(=O)O. The minimum Gasteiger partial charge on any atom is -0.480 e. The van der Waals surface area contributed by atoms with Crippen molar-refractivity contribution in [3.8, 4) is 0 Å². The first kappa shape index (κ1) is 9.78. The van der Waals surface area contributed by atoms with Crippen molar-refractivity contribution in [2.45, 2.75) is 25.3 Å². The van der Waals surface area contributed by atoms with Crippen LogP contribution in [0, 0.1) is 0 Å². The Labute approximate surface area is 66.0 Å². The number of carboxylic acid groups (broad SMARTS) is 1. The Hall–Kier alpha value is -0.220. The van der Waals surface area contributed by atoms with E-state index < -0.39 is 11.5 Å². The molecule has 0 fully saturated rings. The Kier molecular flexibility index (Phi) is 3.75.